The first-order chi connectivity index (χ1) is 5.29. The van der Waals surface area contributed by atoms with Crippen molar-refractivity contribution in [3.63, 3.8) is 0 Å². The summed E-state index contributed by atoms with van der Waals surface area (Å²) >= 11 is 0. The lowest BCUT2D eigenvalue weighted by Crippen LogP contribution is -1.91. The predicted molar refractivity (Wildman–Crippen MR) is 46.4 cm³/mol. The molecule has 0 amide bonds. The van der Waals surface area contributed by atoms with Gasteiger partial charge in [0.15, 0.2) is 5.78 Å². The van der Waals surface area contributed by atoms with E-state index < -0.39 is 0 Å². The molecule has 0 bridgehead atoms. The first-order valence-corrected chi connectivity index (χ1v) is 4.14. The summed E-state index contributed by atoms with van der Waals surface area (Å²) in [6, 6.07) is 0. The summed E-state index contributed by atoms with van der Waals surface area (Å²) in [7, 11) is 0. The van der Waals surface area contributed by atoms with Crippen molar-refractivity contribution in [1.82, 2.24) is 0 Å². The first-order valence-electron chi connectivity index (χ1n) is 4.14. The van der Waals surface area contributed by atoms with Gasteiger partial charge < -0.3 is 0 Å². The summed E-state index contributed by atoms with van der Waals surface area (Å²) in [6.45, 7) is 2.10. The Morgan fingerprint density at radius 2 is 2.09 bits per heavy atom. The van der Waals surface area contributed by atoms with Crippen LogP contribution in [0.25, 0.3) is 0 Å². The highest BCUT2D eigenvalue weighted by atomic mass is 16.1. The van der Waals surface area contributed by atoms with Crippen LogP contribution in [0.2, 0.25) is 0 Å². The van der Waals surface area contributed by atoms with E-state index in [9.17, 15) is 4.79 Å². The lowest BCUT2D eigenvalue weighted by molar-refractivity contribution is -0.114. The average Bonchev–Trinajstić information content (AvgIpc) is 2.06. The van der Waals surface area contributed by atoms with Gasteiger partial charge in [0.1, 0.15) is 0 Å². The fraction of sp³-hybridized carbons (Fsp3) is 0.500. The Morgan fingerprint density at radius 1 is 1.27 bits per heavy atom. The lowest BCUT2D eigenvalue weighted by Gasteiger charge is -1.95. The van der Waals surface area contributed by atoms with Crippen LogP contribution in [0.1, 0.15) is 32.6 Å². The summed E-state index contributed by atoms with van der Waals surface area (Å²) in [6.07, 6.45) is 9.60. The van der Waals surface area contributed by atoms with Crippen molar-refractivity contribution in [3.05, 3.63) is 23.8 Å². The highest BCUT2D eigenvalue weighted by Gasteiger charge is 1.99. The minimum absolute atomic E-state index is 0.264. The van der Waals surface area contributed by atoms with E-state index in [0.29, 0.717) is 6.42 Å². The van der Waals surface area contributed by atoms with E-state index in [1.807, 2.05) is 6.08 Å². The molecule has 1 heteroatoms. The highest BCUT2D eigenvalue weighted by Crippen LogP contribution is 2.09. The Labute approximate surface area is 67.8 Å². The van der Waals surface area contributed by atoms with Crippen LogP contribution >= 0.6 is 0 Å². The molecule has 0 aliphatic heterocycles. The molecule has 0 fully saturated rings. The lowest BCUT2D eigenvalue weighted by atomic mass is 10.1. The van der Waals surface area contributed by atoms with Gasteiger partial charge in [-0.2, -0.15) is 0 Å². The molecule has 11 heavy (non-hydrogen) atoms. The van der Waals surface area contributed by atoms with Gasteiger partial charge in [-0.15, -0.1) is 0 Å². The molecule has 0 heterocycles. The molecule has 0 N–H and O–H groups in total. The molecule has 0 saturated carbocycles. The topological polar surface area (TPSA) is 17.1 Å². The number of hydrogen-bond acceptors (Lipinski definition) is 1. The summed E-state index contributed by atoms with van der Waals surface area (Å²) in [4.78, 5) is 11.0. The zero-order valence-corrected chi connectivity index (χ0v) is 6.97. The molecule has 0 aromatic rings. The van der Waals surface area contributed by atoms with Crippen LogP contribution in [0.3, 0.4) is 0 Å². The molecule has 0 radical (unpaired) electrons. The first kappa shape index (κ1) is 8.25. The predicted octanol–water partition coefficient (Wildman–Crippen LogP) is 2.63. The van der Waals surface area contributed by atoms with Crippen molar-refractivity contribution >= 4 is 5.78 Å². The van der Waals surface area contributed by atoms with Crippen LogP contribution in [0.4, 0.5) is 0 Å². The van der Waals surface area contributed by atoms with E-state index in [2.05, 4.69) is 13.0 Å². The molecule has 0 unspecified atom stereocenters. The van der Waals surface area contributed by atoms with Crippen LogP contribution in [-0.2, 0) is 4.79 Å². The molecule has 1 aliphatic rings. The molecule has 0 aromatic carbocycles. The fourth-order valence-corrected chi connectivity index (χ4v) is 1.15. The molecule has 1 rings (SSSR count). The van der Waals surface area contributed by atoms with Gasteiger partial charge in [-0.25, -0.2) is 0 Å². The number of rotatable bonds is 0. The van der Waals surface area contributed by atoms with E-state index in [4.69, 9.17) is 0 Å². The number of carbonyl (C=O) groups excluding carboxylic acids is 1. The van der Waals surface area contributed by atoms with Gasteiger partial charge in [-0.1, -0.05) is 17.7 Å². The van der Waals surface area contributed by atoms with Crippen molar-refractivity contribution < 1.29 is 4.79 Å². The average molecular weight is 150 g/mol. The maximum atomic E-state index is 11.0. The van der Waals surface area contributed by atoms with Crippen molar-refractivity contribution in [2.24, 2.45) is 0 Å². The molecular formula is C10H14O. The molecule has 1 aliphatic carbocycles. The normalized spacial score (nSPS) is 27.7. The number of allylic oxidation sites excluding steroid dienone is 4. The summed E-state index contributed by atoms with van der Waals surface area (Å²) in [5, 5.41) is 0. The van der Waals surface area contributed by atoms with Crippen LogP contribution in [0.5, 0.6) is 0 Å². The maximum absolute atomic E-state index is 11.0. The SMILES string of the molecule is C/C1=C\CC/C=C/C(=O)CC1. The van der Waals surface area contributed by atoms with Gasteiger partial charge in [0.25, 0.3) is 0 Å². The Kier molecular flexibility index (Phi) is 3.09. The van der Waals surface area contributed by atoms with Crippen molar-refractivity contribution in [2.75, 3.05) is 0 Å². The molecule has 0 spiro atoms. The van der Waals surface area contributed by atoms with Crippen LogP contribution < -0.4 is 0 Å². The Morgan fingerprint density at radius 3 is 2.91 bits per heavy atom. The summed E-state index contributed by atoms with van der Waals surface area (Å²) in [5.41, 5.74) is 1.35. The zero-order chi connectivity index (χ0) is 8.10. The molecule has 60 valence electrons. The second-order valence-electron chi connectivity index (χ2n) is 3.00. The maximum Gasteiger partial charge on any atom is 0.155 e. The third kappa shape index (κ3) is 3.17. The minimum Gasteiger partial charge on any atom is -0.295 e. The minimum atomic E-state index is 0.264. The summed E-state index contributed by atoms with van der Waals surface area (Å²) < 4.78 is 0. The van der Waals surface area contributed by atoms with E-state index in [-0.39, 0.29) is 5.78 Å². The molecule has 0 atom stereocenters. The molecule has 0 aromatic heterocycles. The second-order valence-corrected chi connectivity index (χ2v) is 3.00. The molecule has 0 saturated heterocycles. The Bertz CT molecular complexity index is 197. The van der Waals surface area contributed by atoms with Gasteiger partial charge >= 0.3 is 0 Å². The van der Waals surface area contributed by atoms with Gasteiger partial charge in [-0.05, 0) is 32.3 Å². The quantitative estimate of drug-likeness (QED) is 0.485. The van der Waals surface area contributed by atoms with Crippen molar-refractivity contribution in [1.29, 1.82) is 0 Å². The van der Waals surface area contributed by atoms with Gasteiger partial charge in [-0.3, -0.25) is 4.79 Å². The zero-order valence-electron chi connectivity index (χ0n) is 6.97. The van der Waals surface area contributed by atoms with Crippen LogP contribution in [-0.4, -0.2) is 5.78 Å². The van der Waals surface area contributed by atoms with E-state index in [1.165, 1.54) is 5.57 Å². The number of ketones is 1. The van der Waals surface area contributed by atoms with Gasteiger partial charge in [0, 0.05) is 6.42 Å². The number of hydrogen-bond donors (Lipinski definition) is 0. The van der Waals surface area contributed by atoms with E-state index in [1.54, 1.807) is 6.08 Å². The third-order valence-corrected chi connectivity index (χ3v) is 1.90. The van der Waals surface area contributed by atoms with Gasteiger partial charge in [0.2, 0.25) is 0 Å². The molecular weight excluding hydrogens is 136 g/mol. The van der Waals surface area contributed by atoms with E-state index >= 15 is 0 Å². The van der Waals surface area contributed by atoms with Crippen LogP contribution in [0, 0.1) is 0 Å². The van der Waals surface area contributed by atoms with Gasteiger partial charge in [0.05, 0.1) is 0 Å². The number of carbonyl (C=O) groups is 1. The Balaban J connectivity index is 2.56. The highest BCUT2D eigenvalue weighted by molar-refractivity contribution is 5.89. The third-order valence-electron chi connectivity index (χ3n) is 1.90. The monoisotopic (exact) mass is 150 g/mol. The second kappa shape index (κ2) is 4.12. The standard InChI is InChI=1S/C10H14O/c1-9-5-3-2-4-6-10(11)8-7-9/h4-6H,2-3,7-8H2,1H3/b6-4+,9-5+. The van der Waals surface area contributed by atoms with Crippen molar-refractivity contribution in [2.45, 2.75) is 32.6 Å². The summed E-state index contributed by atoms with van der Waals surface area (Å²) in [5.74, 6) is 0.264. The largest absolute Gasteiger partial charge is 0.295 e. The Hall–Kier alpha value is -0.850. The van der Waals surface area contributed by atoms with Crippen LogP contribution in [0.15, 0.2) is 23.8 Å². The smallest absolute Gasteiger partial charge is 0.155 e. The van der Waals surface area contributed by atoms with E-state index in [0.717, 1.165) is 19.3 Å². The molecule has 1 nitrogen and oxygen atoms in total. The fourth-order valence-electron chi connectivity index (χ4n) is 1.15. The van der Waals surface area contributed by atoms with Crippen molar-refractivity contribution in [3.8, 4) is 0 Å².